The maximum atomic E-state index is 13.1. The van der Waals surface area contributed by atoms with E-state index in [9.17, 15) is 13.6 Å². The van der Waals surface area contributed by atoms with Gasteiger partial charge in [0.05, 0.1) is 13.5 Å². The second-order valence-electron chi connectivity index (χ2n) is 4.05. The van der Waals surface area contributed by atoms with Crippen LogP contribution in [0.15, 0.2) is 30.5 Å². The van der Waals surface area contributed by atoms with Gasteiger partial charge < -0.3 is 9.84 Å². The Balaban J connectivity index is 2.18. The number of carbonyl (C=O) groups is 1. The van der Waals surface area contributed by atoms with Gasteiger partial charge in [0.15, 0.2) is 0 Å². The maximum absolute atomic E-state index is 13.1. The molecule has 1 aromatic heterocycles. The first-order valence-electron chi connectivity index (χ1n) is 5.63. The van der Waals surface area contributed by atoms with Gasteiger partial charge in [-0.3, -0.25) is 0 Å². The van der Waals surface area contributed by atoms with Gasteiger partial charge in [-0.15, -0.1) is 11.3 Å². The number of benzene rings is 1. The zero-order valence-corrected chi connectivity index (χ0v) is 11.3. The first-order chi connectivity index (χ1) is 9.42. The lowest BCUT2D eigenvalue weighted by atomic mass is 10.2. The van der Waals surface area contributed by atoms with Gasteiger partial charge in [-0.2, -0.15) is 8.78 Å². The molecule has 0 radical (unpaired) electrons. The Morgan fingerprint density at radius 1 is 1.40 bits per heavy atom. The Labute approximate surface area is 117 Å². The van der Waals surface area contributed by atoms with E-state index in [0.717, 1.165) is 16.9 Å². The topological polar surface area (TPSA) is 59.4 Å². The molecular weight excluding hydrogens is 288 g/mol. The Morgan fingerprint density at radius 2 is 2.05 bits per heavy atom. The van der Waals surface area contributed by atoms with Crippen molar-refractivity contribution in [2.75, 3.05) is 7.11 Å². The average molecular weight is 299 g/mol. The SMILES string of the molecule is COc1ccc(-c2ncc(CC(F)(F)C(=O)O)s2)cc1. The molecule has 7 heteroatoms. The van der Waals surface area contributed by atoms with Crippen molar-refractivity contribution in [2.24, 2.45) is 0 Å². The summed E-state index contributed by atoms with van der Waals surface area (Å²) in [6, 6.07) is 7.00. The summed E-state index contributed by atoms with van der Waals surface area (Å²) < 4.78 is 31.2. The van der Waals surface area contributed by atoms with Crippen molar-refractivity contribution in [1.29, 1.82) is 0 Å². The molecule has 2 rings (SSSR count). The van der Waals surface area contributed by atoms with Gasteiger partial charge in [0.2, 0.25) is 0 Å². The monoisotopic (exact) mass is 299 g/mol. The molecule has 0 atom stereocenters. The third-order valence-electron chi connectivity index (χ3n) is 2.60. The second kappa shape index (κ2) is 5.54. The predicted molar refractivity (Wildman–Crippen MR) is 70.4 cm³/mol. The Kier molecular flexibility index (Phi) is 3.99. The van der Waals surface area contributed by atoms with Crippen molar-refractivity contribution >= 4 is 17.3 Å². The highest BCUT2D eigenvalue weighted by molar-refractivity contribution is 7.15. The molecule has 0 saturated heterocycles. The van der Waals surface area contributed by atoms with Crippen molar-refractivity contribution in [3.63, 3.8) is 0 Å². The molecule has 0 unspecified atom stereocenters. The number of hydrogen-bond donors (Lipinski definition) is 1. The summed E-state index contributed by atoms with van der Waals surface area (Å²) in [6.07, 6.45) is 0.428. The van der Waals surface area contributed by atoms with E-state index in [1.165, 1.54) is 6.20 Å². The molecule has 1 heterocycles. The van der Waals surface area contributed by atoms with Crippen LogP contribution in [0.5, 0.6) is 5.75 Å². The van der Waals surface area contributed by atoms with Crippen LogP contribution in [0.4, 0.5) is 8.78 Å². The minimum atomic E-state index is -3.77. The second-order valence-corrected chi connectivity index (χ2v) is 5.16. The van der Waals surface area contributed by atoms with Crippen LogP contribution in [0, 0.1) is 0 Å². The number of aromatic nitrogens is 1. The van der Waals surface area contributed by atoms with Crippen molar-refractivity contribution in [3.05, 3.63) is 35.3 Å². The highest BCUT2D eigenvalue weighted by Crippen LogP contribution is 2.30. The van der Waals surface area contributed by atoms with E-state index < -0.39 is 18.3 Å². The number of halogens is 2. The van der Waals surface area contributed by atoms with Crippen LogP contribution in [0.3, 0.4) is 0 Å². The molecule has 0 saturated carbocycles. The highest BCUT2D eigenvalue weighted by atomic mass is 32.1. The number of methoxy groups -OCH3 is 1. The van der Waals surface area contributed by atoms with Gasteiger partial charge in [0.25, 0.3) is 0 Å². The standard InChI is InChI=1S/C13H11F2NO3S/c1-19-9-4-2-8(3-5-9)11-16-7-10(20-11)6-13(14,15)12(17)18/h2-5,7H,6H2,1H3,(H,17,18). The first-order valence-corrected chi connectivity index (χ1v) is 6.44. The normalized spacial score (nSPS) is 11.3. The fraction of sp³-hybridized carbons (Fsp3) is 0.231. The van der Waals surface area contributed by atoms with E-state index in [2.05, 4.69) is 4.98 Å². The summed E-state index contributed by atoms with van der Waals surface area (Å²) in [4.78, 5) is 14.7. The van der Waals surface area contributed by atoms with Crippen LogP contribution in [0.25, 0.3) is 10.6 Å². The maximum Gasteiger partial charge on any atom is 0.374 e. The highest BCUT2D eigenvalue weighted by Gasteiger charge is 2.39. The van der Waals surface area contributed by atoms with Gasteiger partial charge in [-0.1, -0.05) is 0 Å². The third kappa shape index (κ3) is 3.11. The number of ether oxygens (including phenoxy) is 1. The van der Waals surface area contributed by atoms with E-state index in [1.54, 1.807) is 31.4 Å². The summed E-state index contributed by atoms with van der Waals surface area (Å²) in [6.45, 7) is 0. The van der Waals surface area contributed by atoms with Crippen LogP contribution in [-0.4, -0.2) is 29.1 Å². The molecule has 0 aliphatic heterocycles. The fourth-order valence-corrected chi connectivity index (χ4v) is 2.52. The van der Waals surface area contributed by atoms with E-state index >= 15 is 0 Å². The smallest absolute Gasteiger partial charge is 0.374 e. The minimum absolute atomic E-state index is 0.225. The largest absolute Gasteiger partial charge is 0.497 e. The van der Waals surface area contributed by atoms with Gasteiger partial charge in [-0.05, 0) is 24.3 Å². The molecule has 0 aliphatic rings. The number of thiazole rings is 1. The number of nitrogens with zero attached hydrogens (tertiary/aromatic N) is 1. The van der Waals surface area contributed by atoms with Crippen LogP contribution in [-0.2, 0) is 11.2 Å². The van der Waals surface area contributed by atoms with Crippen molar-refractivity contribution < 1.29 is 23.4 Å². The van der Waals surface area contributed by atoms with E-state index in [-0.39, 0.29) is 4.88 Å². The lowest BCUT2D eigenvalue weighted by Crippen LogP contribution is -2.30. The zero-order chi connectivity index (χ0) is 14.8. The molecule has 4 nitrogen and oxygen atoms in total. The molecule has 106 valence electrons. The Bertz CT molecular complexity index is 610. The van der Waals surface area contributed by atoms with Crippen LogP contribution in [0.1, 0.15) is 4.88 Å². The molecule has 20 heavy (non-hydrogen) atoms. The number of carboxylic acids is 1. The summed E-state index contributed by atoms with van der Waals surface area (Å²) in [5.74, 6) is -5.22. The van der Waals surface area contributed by atoms with E-state index in [0.29, 0.717) is 10.8 Å². The van der Waals surface area contributed by atoms with Gasteiger partial charge in [-0.25, -0.2) is 9.78 Å². The molecule has 1 aromatic carbocycles. The molecule has 0 aliphatic carbocycles. The summed E-state index contributed by atoms with van der Waals surface area (Å²) >= 11 is 1.05. The number of carboxylic acid groups (broad SMARTS) is 1. The molecule has 2 aromatic rings. The minimum Gasteiger partial charge on any atom is -0.497 e. The third-order valence-corrected chi connectivity index (χ3v) is 3.65. The molecule has 0 bridgehead atoms. The first kappa shape index (κ1) is 14.4. The molecular formula is C13H11F2NO3S. The fourth-order valence-electron chi connectivity index (χ4n) is 1.55. The van der Waals surface area contributed by atoms with Crippen molar-refractivity contribution in [3.8, 4) is 16.3 Å². The van der Waals surface area contributed by atoms with Crippen molar-refractivity contribution in [1.82, 2.24) is 4.98 Å². The van der Waals surface area contributed by atoms with Crippen LogP contribution >= 0.6 is 11.3 Å². The van der Waals surface area contributed by atoms with E-state index in [4.69, 9.17) is 9.84 Å². The quantitative estimate of drug-likeness (QED) is 0.921. The van der Waals surface area contributed by atoms with Gasteiger partial charge >= 0.3 is 11.9 Å². The average Bonchev–Trinajstić information content (AvgIpc) is 2.86. The number of alkyl halides is 2. The molecule has 1 N–H and O–H groups in total. The van der Waals surface area contributed by atoms with Crippen LogP contribution in [0.2, 0.25) is 0 Å². The number of aliphatic carboxylic acids is 1. The Hall–Kier alpha value is -2.02. The predicted octanol–water partition coefficient (Wildman–Crippen LogP) is 3.08. The van der Waals surface area contributed by atoms with Gasteiger partial charge in [0, 0.05) is 16.6 Å². The lowest BCUT2D eigenvalue weighted by Gasteiger charge is -2.08. The van der Waals surface area contributed by atoms with Crippen molar-refractivity contribution in [2.45, 2.75) is 12.3 Å². The summed E-state index contributed by atoms with van der Waals surface area (Å²) in [5, 5.41) is 8.96. The molecule has 0 fully saturated rings. The Morgan fingerprint density at radius 3 is 2.60 bits per heavy atom. The molecule has 0 spiro atoms. The van der Waals surface area contributed by atoms with E-state index in [1.807, 2.05) is 0 Å². The molecule has 0 amide bonds. The summed E-state index contributed by atoms with van der Waals surface area (Å²) in [5.41, 5.74) is 0.765. The lowest BCUT2D eigenvalue weighted by molar-refractivity contribution is -0.164. The van der Waals surface area contributed by atoms with Gasteiger partial charge in [0.1, 0.15) is 10.8 Å². The number of rotatable bonds is 5. The number of hydrogen-bond acceptors (Lipinski definition) is 4. The van der Waals surface area contributed by atoms with Crippen LogP contribution < -0.4 is 4.74 Å². The zero-order valence-electron chi connectivity index (χ0n) is 10.5. The summed E-state index contributed by atoms with van der Waals surface area (Å²) in [7, 11) is 1.55.